The van der Waals surface area contributed by atoms with Gasteiger partial charge in [0.25, 0.3) is 5.56 Å². The van der Waals surface area contributed by atoms with E-state index in [1.165, 1.54) is 12.1 Å². The molecule has 1 saturated heterocycles. The van der Waals surface area contributed by atoms with Crippen LogP contribution < -0.4 is 15.2 Å². The van der Waals surface area contributed by atoms with Crippen LogP contribution in [0.15, 0.2) is 59.5 Å². The summed E-state index contributed by atoms with van der Waals surface area (Å²) < 4.78 is 46.4. The Kier molecular flexibility index (Phi) is 6.19. The molecule has 0 saturated carbocycles. The predicted molar refractivity (Wildman–Crippen MR) is 131 cm³/mol. The Morgan fingerprint density at radius 1 is 0.971 bits per heavy atom. The number of hydrogen-bond donors (Lipinski definition) is 1. The molecule has 1 fully saturated rings. The molecule has 3 heterocycles. The largest absolute Gasteiger partial charge is 0.497 e. The van der Waals surface area contributed by atoms with E-state index in [4.69, 9.17) is 4.74 Å². The topological polar surface area (TPSA) is 53.5 Å². The lowest BCUT2D eigenvalue weighted by Crippen LogP contribution is -2.46. The zero-order chi connectivity index (χ0) is 24.6. The number of alkyl halides is 3. The Hall–Kier alpha value is -3.46. The van der Waals surface area contributed by atoms with Crippen molar-refractivity contribution in [3.05, 3.63) is 70.6 Å². The number of aromatic nitrogens is 2. The van der Waals surface area contributed by atoms with E-state index in [-0.39, 0.29) is 5.56 Å². The summed E-state index contributed by atoms with van der Waals surface area (Å²) in [5.41, 5.74) is 1.32. The van der Waals surface area contributed by atoms with Gasteiger partial charge in [0.1, 0.15) is 11.3 Å². The molecule has 0 amide bonds. The van der Waals surface area contributed by atoms with Crippen molar-refractivity contribution >= 4 is 27.5 Å². The number of nitrogens with one attached hydrogen (secondary N) is 1. The quantitative estimate of drug-likeness (QED) is 0.430. The van der Waals surface area contributed by atoms with Gasteiger partial charge in [0.15, 0.2) is 0 Å². The number of H-pyrrole nitrogens is 1. The molecule has 4 aromatic rings. The molecule has 1 aliphatic rings. The summed E-state index contributed by atoms with van der Waals surface area (Å²) in [4.78, 5) is 20.0. The summed E-state index contributed by atoms with van der Waals surface area (Å²) in [5.74, 6) is 0.739. The Balaban J connectivity index is 1.21. The predicted octanol–water partition coefficient (Wildman–Crippen LogP) is 4.72. The highest BCUT2D eigenvalue weighted by molar-refractivity contribution is 6.04. The van der Waals surface area contributed by atoms with Crippen molar-refractivity contribution in [1.82, 2.24) is 14.5 Å². The van der Waals surface area contributed by atoms with Gasteiger partial charge in [-0.15, -0.1) is 0 Å². The number of rotatable bonds is 6. The molecule has 2 aromatic carbocycles. The van der Waals surface area contributed by atoms with E-state index in [0.717, 1.165) is 54.2 Å². The van der Waals surface area contributed by atoms with Crippen LogP contribution in [0.1, 0.15) is 12.0 Å². The van der Waals surface area contributed by atoms with Crippen LogP contribution in [0, 0.1) is 0 Å². The monoisotopic (exact) mass is 484 g/mol. The Labute approximate surface area is 200 Å². The number of fused-ring (bicyclic) bond motifs is 3. The molecule has 35 heavy (non-hydrogen) atoms. The van der Waals surface area contributed by atoms with E-state index in [2.05, 4.69) is 9.88 Å². The van der Waals surface area contributed by atoms with Crippen molar-refractivity contribution in [1.29, 1.82) is 0 Å². The Bertz CT molecular complexity index is 1400. The van der Waals surface area contributed by atoms with Gasteiger partial charge >= 0.3 is 6.18 Å². The van der Waals surface area contributed by atoms with E-state index < -0.39 is 11.7 Å². The van der Waals surface area contributed by atoms with Gasteiger partial charge in [-0.1, -0.05) is 6.07 Å². The van der Waals surface area contributed by atoms with Gasteiger partial charge in [0.2, 0.25) is 0 Å². The van der Waals surface area contributed by atoms with Crippen LogP contribution in [0.25, 0.3) is 21.8 Å². The molecular weight excluding hydrogens is 457 g/mol. The molecule has 184 valence electrons. The molecule has 0 atom stereocenters. The standard InChI is InChI=1S/C26H27F3N4O2/c1-35-20-6-7-23-22(17-20)21-8-11-33(24(21)25(34)30-23)10-3-9-31-12-14-32(15-13-31)19-5-2-4-18(16-19)26(27,28)29/h2,4-8,11,16-17H,3,9-10,12-15H2,1H3,(H,30,34). The smallest absolute Gasteiger partial charge is 0.416 e. The molecule has 1 N–H and O–H groups in total. The minimum absolute atomic E-state index is 0.114. The third-order valence-corrected chi connectivity index (χ3v) is 6.73. The summed E-state index contributed by atoms with van der Waals surface area (Å²) in [6.07, 6.45) is -1.52. The molecule has 0 bridgehead atoms. The number of ether oxygens (including phenoxy) is 1. The van der Waals surface area contributed by atoms with Crippen LogP contribution in [0.5, 0.6) is 5.75 Å². The maximum atomic E-state index is 13.0. The minimum Gasteiger partial charge on any atom is -0.497 e. The zero-order valence-electron chi connectivity index (χ0n) is 19.4. The van der Waals surface area contributed by atoms with Crippen molar-refractivity contribution in [3.63, 3.8) is 0 Å². The van der Waals surface area contributed by atoms with Gasteiger partial charge in [-0.05, 0) is 55.4 Å². The summed E-state index contributed by atoms with van der Waals surface area (Å²) >= 11 is 0. The number of piperazine rings is 1. The van der Waals surface area contributed by atoms with E-state index in [1.54, 1.807) is 13.2 Å². The molecule has 9 heteroatoms. The molecule has 6 nitrogen and oxygen atoms in total. The summed E-state index contributed by atoms with van der Waals surface area (Å²) in [6.45, 7) is 4.50. The maximum Gasteiger partial charge on any atom is 0.416 e. The van der Waals surface area contributed by atoms with Crippen molar-refractivity contribution in [2.24, 2.45) is 0 Å². The zero-order valence-corrected chi connectivity index (χ0v) is 19.4. The highest BCUT2D eigenvalue weighted by Gasteiger charge is 2.31. The number of benzene rings is 2. The first-order valence-corrected chi connectivity index (χ1v) is 11.7. The van der Waals surface area contributed by atoms with Crippen LogP contribution in [-0.2, 0) is 12.7 Å². The number of halogens is 3. The van der Waals surface area contributed by atoms with Gasteiger partial charge in [-0.3, -0.25) is 9.69 Å². The van der Waals surface area contributed by atoms with Crippen LogP contribution >= 0.6 is 0 Å². The highest BCUT2D eigenvalue weighted by atomic mass is 19.4. The maximum absolute atomic E-state index is 13.0. The van der Waals surface area contributed by atoms with Crippen LogP contribution in [0.2, 0.25) is 0 Å². The lowest BCUT2D eigenvalue weighted by atomic mass is 10.1. The molecule has 0 aliphatic carbocycles. The fourth-order valence-corrected chi connectivity index (χ4v) is 4.87. The van der Waals surface area contributed by atoms with Crippen molar-refractivity contribution in [3.8, 4) is 5.75 Å². The highest BCUT2D eigenvalue weighted by Crippen LogP contribution is 2.32. The fourth-order valence-electron chi connectivity index (χ4n) is 4.87. The van der Waals surface area contributed by atoms with E-state index >= 15 is 0 Å². The second kappa shape index (κ2) is 9.30. The van der Waals surface area contributed by atoms with E-state index in [9.17, 15) is 18.0 Å². The lowest BCUT2D eigenvalue weighted by Gasteiger charge is -2.36. The number of anilines is 1. The SMILES string of the molecule is COc1ccc2[nH]c(=O)c3c(ccn3CCCN3CCN(c4cccc(C(F)(F)F)c4)CC3)c2c1. The van der Waals surface area contributed by atoms with Gasteiger partial charge in [0, 0.05) is 60.9 Å². The summed E-state index contributed by atoms with van der Waals surface area (Å²) in [5, 5.41) is 1.85. The summed E-state index contributed by atoms with van der Waals surface area (Å²) in [6, 6.07) is 13.1. The molecule has 5 rings (SSSR count). The fraction of sp³-hybridized carbons (Fsp3) is 0.346. The molecular formula is C26H27F3N4O2. The first kappa shape index (κ1) is 23.3. The molecule has 1 aliphatic heterocycles. The van der Waals surface area contributed by atoms with Crippen LogP contribution in [0.3, 0.4) is 0 Å². The molecule has 0 unspecified atom stereocenters. The minimum atomic E-state index is -4.33. The van der Waals surface area contributed by atoms with Gasteiger partial charge in [-0.2, -0.15) is 13.2 Å². The van der Waals surface area contributed by atoms with E-state index in [1.807, 2.05) is 39.9 Å². The number of aromatic amines is 1. The van der Waals surface area contributed by atoms with Gasteiger partial charge in [-0.25, -0.2) is 0 Å². The average molecular weight is 485 g/mol. The average Bonchev–Trinajstić information content (AvgIpc) is 3.29. The Morgan fingerprint density at radius 2 is 1.77 bits per heavy atom. The number of hydrogen-bond acceptors (Lipinski definition) is 4. The molecule has 2 aromatic heterocycles. The first-order valence-electron chi connectivity index (χ1n) is 11.7. The first-order chi connectivity index (χ1) is 16.8. The van der Waals surface area contributed by atoms with Crippen LogP contribution in [-0.4, -0.2) is 54.3 Å². The number of pyridine rings is 1. The number of nitrogens with zero attached hydrogens (tertiary/aromatic N) is 3. The van der Waals surface area contributed by atoms with Crippen LogP contribution in [0.4, 0.5) is 18.9 Å². The van der Waals surface area contributed by atoms with Gasteiger partial charge in [0.05, 0.1) is 12.7 Å². The van der Waals surface area contributed by atoms with Crippen molar-refractivity contribution < 1.29 is 17.9 Å². The van der Waals surface area contributed by atoms with Crippen molar-refractivity contribution in [2.45, 2.75) is 19.1 Å². The lowest BCUT2D eigenvalue weighted by molar-refractivity contribution is -0.137. The second-order valence-electron chi connectivity index (χ2n) is 8.87. The molecule has 0 spiro atoms. The third-order valence-electron chi connectivity index (χ3n) is 6.73. The number of aryl methyl sites for hydroxylation is 1. The normalized spacial score (nSPS) is 15.3. The Morgan fingerprint density at radius 3 is 2.51 bits per heavy atom. The second-order valence-corrected chi connectivity index (χ2v) is 8.87. The van der Waals surface area contributed by atoms with E-state index in [0.29, 0.717) is 30.8 Å². The van der Waals surface area contributed by atoms with Crippen molar-refractivity contribution in [2.75, 3.05) is 44.7 Å². The third kappa shape index (κ3) is 4.73. The summed E-state index contributed by atoms with van der Waals surface area (Å²) in [7, 11) is 1.62. The van der Waals surface area contributed by atoms with Gasteiger partial charge < -0.3 is 19.2 Å². The number of methoxy groups -OCH3 is 1. The molecule has 0 radical (unpaired) electrons.